The Morgan fingerprint density at radius 3 is 2.45 bits per heavy atom. The molecule has 2 N–H and O–H groups in total. The monoisotopic (exact) mass is 540 g/mol. The van der Waals surface area contributed by atoms with Crippen LogP contribution in [-0.2, 0) is 11.3 Å². The summed E-state index contributed by atoms with van der Waals surface area (Å²) in [6.07, 6.45) is 8.74. The summed E-state index contributed by atoms with van der Waals surface area (Å²) in [6.45, 7) is 6.88. The van der Waals surface area contributed by atoms with Crippen LogP contribution in [0.1, 0.15) is 61.9 Å². The molecule has 1 aromatic carbocycles. The Morgan fingerprint density at radius 2 is 1.84 bits per heavy atom. The molecule has 2 aliphatic rings. The van der Waals surface area contributed by atoms with E-state index >= 15 is 0 Å². The van der Waals surface area contributed by atoms with Gasteiger partial charge in [0, 0.05) is 38.8 Å². The number of halogens is 1. The molecule has 31 heavy (non-hydrogen) atoms. The van der Waals surface area contributed by atoms with Crippen molar-refractivity contribution in [1.82, 2.24) is 15.5 Å². The molecular weight excluding hydrogens is 503 g/mol. The predicted octanol–water partition coefficient (Wildman–Crippen LogP) is 4.11. The Hall–Kier alpha value is -1.61. The number of carbonyl (C=O) groups excluding carboxylic acids is 1. The second kappa shape index (κ2) is 13.1. The van der Waals surface area contributed by atoms with E-state index in [2.05, 4.69) is 21.7 Å². The maximum absolute atomic E-state index is 12.8. The molecule has 172 valence electrons. The summed E-state index contributed by atoms with van der Waals surface area (Å²) in [4.78, 5) is 19.0. The molecule has 0 saturated carbocycles. The van der Waals surface area contributed by atoms with Gasteiger partial charge in [0.1, 0.15) is 0 Å². The largest absolute Gasteiger partial charge is 0.372 e. The quantitative estimate of drug-likeness (QED) is 0.247. The third-order valence-corrected chi connectivity index (χ3v) is 5.71. The van der Waals surface area contributed by atoms with Crippen molar-refractivity contribution < 1.29 is 9.53 Å². The zero-order chi connectivity index (χ0) is 21.3. The maximum Gasteiger partial charge on any atom is 0.254 e. The summed E-state index contributed by atoms with van der Waals surface area (Å²) >= 11 is 0. The molecule has 1 aromatic rings. The average molecular weight is 540 g/mol. The van der Waals surface area contributed by atoms with Crippen LogP contribution in [0, 0.1) is 0 Å². The highest BCUT2D eigenvalue weighted by atomic mass is 127. The van der Waals surface area contributed by atoms with Gasteiger partial charge in [-0.05, 0) is 63.6 Å². The van der Waals surface area contributed by atoms with Gasteiger partial charge in [0.25, 0.3) is 5.91 Å². The first-order valence-electron chi connectivity index (χ1n) is 11.2. The molecule has 2 atom stereocenters. The molecule has 2 unspecified atom stereocenters. The second-order valence-corrected chi connectivity index (χ2v) is 8.38. The molecule has 1 amide bonds. The summed E-state index contributed by atoms with van der Waals surface area (Å²) in [5.74, 6) is 0.883. The highest BCUT2D eigenvalue weighted by Crippen LogP contribution is 2.19. The van der Waals surface area contributed by atoms with Gasteiger partial charge >= 0.3 is 0 Å². The summed E-state index contributed by atoms with van der Waals surface area (Å²) in [5, 5.41) is 6.75. The fourth-order valence-electron chi connectivity index (χ4n) is 4.17. The van der Waals surface area contributed by atoms with Crippen LogP contribution in [0.15, 0.2) is 40.9 Å². The van der Waals surface area contributed by atoms with Gasteiger partial charge < -0.3 is 20.3 Å². The summed E-state index contributed by atoms with van der Waals surface area (Å²) in [7, 11) is 1.79. The van der Waals surface area contributed by atoms with Gasteiger partial charge in [-0.25, -0.2) is 0 Å². The zero-order valence-electron chi connectivity index (χ0n) is 19.0. The van der Waals surface area contributed by atoms with Crippen LogP contribution in [0.5, 0.6) is 0 Å². The summed E-state index contributed by atoms with van der Waals surface area (Å²) in [6, 6.07) is 7.84. The van der Waals surface area contributed by atoms with Gasteiger partial charge in [-0.2, -0.15) is 0 Å². The van der Waals surface area contributed by atoms with Crippen LogP contribution in [0.2, 0.25) is 0 Å². The molecule has 0 spiro atoms. The molecule has 0 aromatic heterocycles. The molecule has 7 heteroatoms. The smallest absolute Gasteiger partial charge is 0.254 e. The number of allylic oxidation sites excluding steroid dienone is 1. The number of hydrogen-bond donors (Lipinski definition) is 2. The number of aliphatic imine (C=N–C) groups is 1. The predicted molar refractivity (Wildman–Crippen MR) is 137 cm³/mol. The van der Waals surface area contributed by atoms with Gasteiger partial charge in [0.05, 0.1) is 12.2 Å². The highest BCUT2D eigenvalue weighted by molar-refractivity contribution is 14.0. The number of morpholine rings is 1. The first-order chi connectivity index (χ1) is 14.5. The molecule has 3 rings (SSSR count). The van der Waals surface area contributed by atoms with Crippen LogP contribution in [-0.4, -0.2) is 55.7 Å². The Bertz CT molecular complexity index is 753. The van der Waals surface area contributed by atoms with E-state index in [0.717, 1.165) is 30.1 Å². The average Bonchev–Trinajstić information content (AvgIpc) is 2.76. The van der Waals surface area contributed by atoms with E-state index in [9.17, 15) is 4.79 Å². The van der Waals surface area contributed by atoms with Crippen molar-refractivity contribution >= 4 is 35.8 Å². The van der Waals surface area contributed by atoms with E-state index in [1.54, 1.807) is 12.6 Å². The van der Waals surface area contributed by atoms with E-state index in [1.807, 2.05) is 43.0 Å². The van der Waals surface area contributed by atoms with Gasteiger partial charge in [-0.1, -0.05) is 23.8 Å². The molecular formula is C24H37IN4O2. The van der Waals surface area contributed by atoms with Crippen molar-refractivity contribution in [2.24, 2.45) is 4.99 Å². The van der Waals surface area contributed by atoms with E-state index in [4.69, 9.17) is 4.74 Å². The fourth-order valence-corrected chi connectivity index (χ4v) is 4.17. The molecule has 1 fully saturated rings. The fraction of sp³-hybridized carbons (Fsp3) is 0.583. The third kappa shape index (κ3) is 8.11. The summed E-state index contributed by atoms with van der Waals surface area (Å²) in [5.41, 5.74) is 3.41. The molecule has 6 nitrogen and oxygen atoms in total. The molecule has 1 aliphatic carbocycles. The zero-order valence-corrected chi connectivity index (χ0v) is 21.4. The van der Waals surface area contributed by atoms with Crippen molar-refractivity contribution in [1.29, 1.82) is 0 Å². The second-order valence-electron chi connectivity index (χ2n) is 8.38. The third-order valence-electron chi connectivity index (χ3n) is 5.71. The normalized spacial score (nSPS) is 21.7. The SMILES string of the molecule is CN=C(NCCC1=CCCCC1)NCc1ccc(C(=O)N2CC(C)OC(C)C2)cc1.I. The first-order valence-corrected chi connectivity index (χ1v) is 11.2. The van der Waals surface area contributed by atoms with Crippen LogP contribution in [0.4, 0.5) is 0 Å². The van der Waals surface area contributed by atoms with Crippen LogP contribution < -0.4 is 10.6 Å². The minimum atomic E-state index is 0. The van der Waals surface area contributed by atoms with Gasteiger partial charge in [0.2, 0.25) is 0 Å². The lowest BCUT2D eigenvalue weighted by atomic mass is 9.97. The number of amides is 1. The molecule has 0 radical (unpaired) electrons. The standard InChI is InChI=1S/C24H36N4O2.HI/c1-18-16-28(17-19(2)30-18)23(29)22-11-9-21(10-12-22)15-27-24(25-3)26-14-13-20-7-5-4-6-8-20;/h7,9-12,18-19H,4-6,8,13-17H2,1-3H3,(H2,25,26,27);1H. The van der Waals surface area contributed by atoms with E-state index < -0.39 is 0 Å². The highest BCUT2D eigenvalue weighted by Gasteiger charge is 2.26. The van der Waals surface area contributed by atoms with Crippen molar-refractivity contribution in [3.63, 3.8) is 0 Å². The molecule has 0 bridgehead atoms. The number of nitrogens with zero attached hydrogens (tertiary/aromatic N) is 2. The van der Waals surface area contributed by atoms with Gasteiger partial charge in [0.15, 0.2) is 5.96 Å². The Kier molecular flexibility index (Phi) is 10.8. The minimum Gasteiger partial charge on any atom is -0.372 e. The van der Waals surface area contributed by atoms with Crippen molar-refractivity contribution in [3.8, 4) is 0 Å². The maximum atomic E-state index is 12.8. The summed E-state index contributed by atoms with van der Waals surface area (Å²) < 4.78 is 5.73. The number of guanidine groups is 1. The van der Waals surface area contributed by atoms with E-state index in [0.29, 0.717) is 19.6 Å². The number of rotatable bonds is 6. The van der Waals surface area contributed by atoms with Gasteiger partial charge in [-0.3, -0.25) is 9.79 Å². The molecule has 1 aliphatic heterocycles. The number of ether oxygens (including phenoxy) is 1. The van der Waals surface area contributed by atoms with Crippen molar-refractivity contribution in [2.75, 3.05) is 26.7 Å². The topological polar surface area (TPSA) is 66.0 Å². The van der Waals surface area contributed by atoms with E-state index in [1.165, 1.54) is 25.7 Å². The Morgan fingerprint density at radius 1 is 1.13 bits per heavy atom. The van der Waals surface area contributed by atoms with Gasteiger partial charge in [-0.15, -0.1) is 24.0 Å². The number of benzene rings is 1. The lowest BCUT2D eigenvalue weighted by molar-refractivity contribution is -0.0586. The molecule has 1 saturated heterocycles. The first kappa shape index (κ1) is 25.6. The number of nitrogens with one attached hydrogen (secondary N) is 2. The van der Waals surface area contributed by atoms with Crippen molar-refractivity contribution in [2.45, 2.75) is 64.7 Å². The van der Waals surface area contributed by atoms with E-state index in [-0.39, 0.29) is 42.1 Å². The van der Waals surface area contributed by atoms with Crippen LogP contribution >= 0.6 is 24.0 Å². The molecule has 1 heterocycles. The number of hydrogen-bond acceptors (Lipinski definition) is 3. The Balaban J connectivity index is 0.00000341. The number of carbonyl (C=O) groups is 1. The lowest BCUT2D eigenvalue weighted by Gasteiger charge is -2.35. The van der Waals surface area contributed by atoms with Crippen molar-refractivity contribution in [3.05, 3.63) is 47.0 Å². The van der Waals surface area contributed by atoms with Crippen LogP contribution in [0.3, 0.4) is 0 Å². The lowest BCUT2D eigenvalue weighted by Crippen LogP contribution is -2.48. The minimum absolute atomic E-state index is 0. The Labute approximate surface area is 203 Å². The van der Waals surface area contributed by atoms with Crippen LogP contribution in [0.25, 0.3) is 0 Å².